The van der Waals surface area contributed by atoms with Gasteiger partial charge in [-0.3, -0.25) is 0 Å². The number of amides is 2. The zero-order chi connectivity index (χ0) is 16.8. The molecule has 0 unspecified atom stereocenters. The molecule has 1 aliphatic rings. The van der Waals surface area contributed by atoms with Gasteiger partial charge >= 0.3 is 6.03 Å². The molecule has 2 aromatic rings. The van der Waals surface area contributed by atoms with Gasteiger partial charge in [-0.25, -0.2) is 4.79 Å². The molecule has 4 heteroatoms. The van der Waals surface area contributed by atoms with E-state index in [9.17, 15) is 4.79 Å². The van der Waals surface area contributed by atoms with Crippen LogP contribution in [-0.2, 0) is 6.54 Å². The van der Waals surface area contributed by atoms with Gasteiger partial charge in [0.25, 0.3) is 0 Å². The number of carbonyl (C=O) groups is 1. The Morgan fingerprint density at radius 1 is 0.917 bits per heavy atom. The number of hydrogen-bond acceptors (Lipinski definition) is 1. The molecule has 2 N–H and O–H groups in total. The standard InChI is InChI=1S/C20H23ClN2O/c21-18-12-10-17(11-13-18)16-8-6-15(7-9-16)14-22-20(24)23-19-4-2-1-3-5-19/h6-13,19H,1-5,14H2,(H2,22,23,24). The lowest BCUT2D eigenvalue weighted by molar-refractivity contribution is 0.232. The Morgan fingerprint density at radius 3 is 2.12 bits per heavy atom. The van der Waals surface area contributed by atoms with E-state index in [2.05, 4.69) is 22.8 Å². The smallest absolute Gasteiger partial charge is 0.315 e. The van der Waals surface area contributed by atoms with Crippen LogP contribution >= 0.6 is 11.6 Å². The largest absolute Gasteiger partial charge is 0.335 e. The molecule has 0 heterocycles. The Kier molecular flexibility index (Phi) is 5.76. The first-order valence-corrected chi connectivity index (χ1v) is 8.98. The second-order valence-corrected chi connectivity index (χ2v) is 6.80. The van der Waals surface area contributed by atoms with Gasteiger partial charge in [-0.05, 0) is 41.7 Å². The minimum atomic E-state index is -0.0660. The maximum atomic E-state index is 12.0. The molecule has 0 aromatic heterocycles. The van der Waals surface area contributed by atoms with E-state index >= 15 is 0 Å². The molecule has 0 radical (unpaired) electrons. The van der Waals surface area contributed by atoms with Gasteiger partial charge in [0.15, 0.2) is 0 Å². The summed E-state index contributed by atoms with van der Waals surface area (Å²) in [7, 11) is 0. The predicted octanol–water partition coefficient (Wildman–Crippen LogP) is 5.14. The Hall–Kier alpha value is -2.00. The molecule has 0 saturated heterocycles. The monoisotopic (exact) mass is 342 g/mol. The van der Waals surface area contributed by atoms with Crippen LogP contribution in [0, 0.1) is 0 Å². The molecule has 3 nitrogen and oxygen atoms in total. The van der Waals surface area contributed by atoms with Crippen molar-refractivity contribution in [3.8, 4) is 11.1 Å². The average Bonchev–Trinajstić information content (AvgIpc) is 2.62. The summed E-state index contributed by atoms with van der Waals surface area (Å²) < 4.78 is 0. The first-order chi connectivity index (χ1) is 11.7. The van der Waals surface area contributed by atoms with Crippen molar-refractivity contribution in [2.24, 2.45) is 0 Å². The summed E-state index contributed by atoms with van der Waals surface area (Å²) in [5.74, 6) is 0. The van der Waals surface area contributed by atoms with Crippen molar-refractivity contribution in [2.45, 2.75) is 44.7 Å². The van der Waals surface area contributed by atoms with E-state index in [0.29, 0.717) is 12.6 Å². The molecule has 1 saturated carbocycles. The molecular weight excluding hydrogens is 320 g/mol. The zero-order valence-electron chi connectivity index (χ0n) is 13.7. The van der Waals surface area contributed by atoms with Crippen LogP contribution < -0.4 is 10.6 Å². The molecule has 1 aliphatic carbocycles. The van der Waals surface area contributed by atoms with E-state index < -0.39 is 0 Å². The van der Waals surface area contributed by atoms with E-state index in [0.717, 1.165) is 34.6 Å². The molecule has 1 fully saturated rings. The number of halogens is 1. The van der Waals surface area contributed by atoms with Gasteiger partial charge in [-0.2, -0.15) is 0 Å². The Labute approximate surface area is 148 Å². The van der Waals surface area contributed by atoms with Crippen LogP contribution in [0.1, 0.15) is 37.7 Å². The highest BCUT2D eigenvalue weighted by Gasteiger charge is 2.15. The summed E-state index contributed by atoms with van der Waals surface area (Å²) >= 11 is 5.92. The maximum Gasteiger partial charge on any atom is 0.315 e. The van der Waals surface area contributed by atoms with Gasteiger partial charge in [0.05, 0.1) is 0 Å². The summed E-state index contributed by atoms with van der Waals surface area (Å²) in [6.07, 6.45) is 5.93. The fourth-order valence-corrected chi connectivity index (χ4v) is 3.25. The lowest BCUT2D eigenvalue weighted by atomic mass is 9.96. The molecular formula is C20H23ClN2O. The van der Waals surface area contributed by atoms with E-state index in [1.165, 1.54) is 19.3 Å². The van der Waals surface area contributed by atoms with Crippen LogP contribution in [0.5, 0.6) is 0 Å². The normalized spacial score (nSPS) is 15.0. The minimum Gasteiger partial charge on any atom is -0.335 e. The summed E-state index contributed by atoms with van der Waals surface area (Å²) in [4.78, 5) is 12.0. The Morgan fingerprint density at radius 2 is 1.50 bits per heavy atom. The number of carbonyl (C=O) groups excluding carboxylic acids is 1. The summed E-state index contributed by atoms with van der Waals surface area (Å²) in [6, 6.07) is 16.3. The van der Waals surface area contributed by atoms with Crippen LogP contribution in [0.4, 0.5) is 4.79 Å². The fraction of sp³-hybridized carbons (Fsp3) is 0.350. The second kappa shape index (κ2) is 8.20. The van der Waals surface area contributed by atoms with Gasteiger partial charge < -0.3 is 10.6 Å². The third-order valence-electron chi connectivity index (χ3n) is 4.52. The number of hydrogen-bond donors (Lipinski definition) is 2. The highest BCUT2D eigenvalue weighted by molar-refractivity contribution is 6.30. The average molecular weight is 343 g/mol. The van der Waals surface area contributed by atoms with E-state index in [-0.39, 0.29) is 6.03 Å². The van der Waals surface area contributed by atoms with Gasteiger partial charge in [0, 0.05) is 17.6 Å². The quantitative estimate of drug-likeness (QED) is 0.793. The summed E-state index contributed by atoms with van der Waals surface area (Å²) in [6.45, 7) is 0.541. The highest BCUT2D eigenvalue weighted by Crippen LogP contribution is 2.22. The lowest BCUT2D eigenvalue weighted by Crippen LogP contribution is -2.42. The Bertz CT molecular complexity index is 661. The molecule has 126 valence electrons. The van der Waals surface area contributed by atoms with Crippen molar-refractivity contribution >= 4 is 17.6 Å². The molecule has 2 aromatic carbocycles. The topological polar surface area (TPSA) is 41.1 Å². The first kappa shape index (κ1) is 16.8. The number of rotatable bonds is 4. The fourth-order valence-electron chi connectivity index (χ4n) is 3.12. The van der Waals surface area contributed by atoms with Gasteiger partial charge in [-0.1, -0.05) is 67.3 Å². The first-order valence-electron chi connectivity index (χ1n) is 8.60. The van der Waals surface area contributed by atoms with Crippen molar-refractivity contribution in [3.05, 3.63) is 59.1 Å². The van der Waals surface area contributed by atoms with Crippen molar-refractivity contribution in [3.63, 3.8) is 0 Å². The molecule has 0 aliphatic heterocycles. The predicted molar refractivity (Wildman–Crippen MR) is 99.1 cm³/mol. The zero-order valence-corrected chi connectivity index (χ0v) is 14.5. The lowest BCUT2D eigenvalue weighted by Gasteiger charge is -2.22. The van der Waals surface area contributed by atoms with Crippen molar-refractivity contribution in [2.75, 3.05) is 0 Å². The third kappa shape index (κ3) is 4.75. The maximum absolute atomic E-state index is 12.0. The van der Waals surface area contributed by atoms with Gasteiger partial charge in [-0.15, -0.1) is 0 Å². The van der Waals surface area contributed by atoms with Crippen LogP contribution in [-0.4, -0.2) is 12.1 Å². The summed E-state index contributed by atoms with van der Waals surface area (Å²) in [5.41, 5.74) is 3.36. The van der Waals surface area contributed by atoms with E-state index in [1.54, 1.807) is 0 Å². The number of nitrogens with one attached hydrogen (secondary N) is 2. The van der Waals surface area contributed by atoms with Crippen molar-refractivity contribution in [1.29, 1.82) is 0 Å². The third-order valence-corrected chi connectivity index (χ3v) is 4.78. The van der Waals surface area contributed by atoms with E-state index in [1.807, 2.05) is 36.4 Å². The number of urea groups is 1. The van der Waals surface area contributed by atoms with Gasteiger partial charge in [0.2, 0.25) is 0 Å². The van der Waals surface area contributed by atoms with Crippen molar-refractivity contribution < 1.29 is 4.79 Å². The Balaban J connectivity index is 1.50. The SMILES string of the molecule is O=C(NCc1ccc(-c2ccc(Cl)cc2)cc1)NC1CCCCC1. The van der Waals surface area contributed by atoms with Gasteiger partial charge in [0.1, 0.15) is 0 Å². The van der Waals surface area contributed by atoms with Crippen LogP contribution in [0.15, 0.2) is 48.5 Å². The van der Waals surface area contributed by atoms with Crippen LogP contribution in [0.25, 0.3) is 11.1 Å². The van der Waals surface area contributed by atoms with Crippen LogP contribution in [0.2, 0.25) is 5.02 Å². The van der Waals surface area contributed by atoms with Crippen LogP contribution in [0.3, 0.4) is 0 Å². The minimum absolute atomic E-state index is 0.0660. The molecule has 0 bridgehead atoms. The molecule has 0 atom stereocenters. The second-order valence-electron chi connectivity index (χ2n) is 6.37. The summed E-state index contributed by atoms with van der Waals surface area (Å²) in [5, 5.41) is 6.75. The highest BCUT2D eigenvalue weighted by atomic mass is 35.5. The molecule has 2 amide bonds. The van der Waals surface area contributed by atoms with E-state index in [4.69, 9.17) is 11.6 Å². The molecule has 3 rings (SSSR count). The number of benzene rings is 2. The molecule has 0 spiro atoms. The molecule has 24 heavy (non-hydrogen) atoms. The van der Waals surface area contributed by atoms with Crippen molar-refractivity contribution in [1.82, 2.24) is 10.6 Å².